The molecule has 1 aromatic carbocycles. The lowest BCUT2D eigenvalue weighted by Gasteiger charge is -2.41. The highest BCUT2D eigenvalue weighted by Crippen LogP contribution is 2.64. The van der Waals surface area contributed by atoms with E-state index in [2.05, 4.69) is 13.8 Å². The Balaban J connectivity index is 1.66. The fourth-order valence-corrected chi connectivity index (χ4v) is 7.36. The van der Waals surface area contributed by atoms with E-state index in [1.54, 1.807) is 37.3 Å². The van der Waals surface area contributed by atoms with E-state index in [0.717, 1.165) is 6.42 Å². The van der Waals surface area contributed by atoms with E-state index in [0.29, 0.717) is 30.1 Å². The second-order valence-electron chi connectivity index (χ2n) is 12.5. The first-order valence-electron chi connectivity index (χ1n) is 13.8. The van der Waals surface area contributed by atoms with Crippen molar-refractivity contribution in [2.45, 2.75) is 84.2 Å². The van der Waals surface area contributed by atoms with Gasteiger partial charge in [-0.1, -0.05) is 45.0 Å². The van der Waals surface area contributed by atoms with Crippen molar-refractivity contribution in [3.05, 3.63) is 47.5 Å². The maximum Gasteiger partial charge on any atom is 0.338 e. The van der Waals surface area contributed by atoms with Gasteiger partial charge in [0.05, 0.1) is 18.1 Å². The van der Waals surface area contributed by atoms with Crippen molar-refractivity contribution in [3.8, 4) is 0 Å². The molecular formula is C31H38O8. The van der Waals surface area contributed by atoms with Crippen LogP contribution in [0, 0.1) is 29.1 Å². The highest BCUT2D eigenvalue weighted by molar-refractivity contribution is 6.03. The fraction of sp³-hybridized carbons (Fsp3) is 0.613. The highest BCUT2D eigenvalue weighted by atomic mass is 16.6. The van der Waals surface area contributed by atoms with Crippen LogP contribution >= 0.6 is 0 Å². The average Bonchev–Trinajstić information content (AvgIpc) is 3.73. The largest absolute Gasteiger partial charge is 0.459 e. The third kappa shape index (κ3) is 4.71. The molecular weight excluding hydrogens is 500 g/mol. The number of hydrogen-bond donors (Lipinski definition) is 0. The van der Waals surface area contributed by atoms with Crippen LogP contribution in [-0.2, 0) is 33.3 Å². The van der Waals surface area contributed by atoms with Crippen molar-refractivity contribution >= 4 is 23.7 Å². The predicted molar refractivity (Wildman–Crippen MR) is 140 cm³/mol. The molecule has 1 saturated heterocycles. The van der Waals surface area contributed by atoms with Gasteiger partial charge in [-0.2, -0.15) is 0 Å². The molecule has 1 spiro atoms. The number of fused-ring (bicyclic) bond motifs is 2. The van der Waals surface area contributed by atoms with Crippen molar-refractivity contribution in [1.29, 1.82) is 0 Å². The summed E-state index contributed by atoms with van der Waals surface area (Å²) in [5.74, 6) is -2.86. The third-order valence-corrected chi connectivity index (χ3v) is 9.50. The topological polar surface area (TPSA) is 108 Å². The molecule has 1 unspecified atom stereocenters. The minimum atomic E-state index is -1.69. The number of benzene rings is 1. The van der Waals surface area contributed by atoms with E-state index in [1.165, 1.54) is 13.8 Å². The van der Waals surface area contributed by atoms with Gasteiger partial charge in [0, 0.05) is 20.3 Å². The molecule has 0 amide bonds. The van der Waals surface area contributed by atoms with Gasteiger partial charge < -0.3 is 18.9 Å². The van der Waals surface area contributed by atoms with Gasteiger partial charge in [-0.3, -0.25) is 14.4 Å². The van der Waals surface area contributed by atoms with Gasteiger partial charge in [0.1, 0.15) is 17.8 Å². The van der Waals surface area contributed by atoms with E-state index < -0.39 is 47.2 Å². The molecule has 210 valence electrons. The van der Waals surface area contributed by atoms with Crippen LogP contribution in [0.1, 0.15) is 71.2 Å². The molecule has 4 aliphatic rings. The molecule has 2 saturated carbocycles. The Morgan fingerprint density at radius 3 is 2.28 bits per heavy atom. The summed E-state index contributed by atoms with van der Waals surface area (Å²) < 4.78 is 24.2. The zero-order valence-electron chi connectivity index (χ0n) is 23.5. The first-order valence-corrected chi connectivity index (χ1v) is 13.8. The molecule has 3 aliphatic carbocycles. The maximum absolute atomic E-state index is 14.4. The Labute approximate surface area is 229 Å². The number of ether oxygens (including phenoxy) is 4. The Morgan fingerprint density at radius 2 is 1.69 bits per heavy atom. The van der Waals surface area contributed by atoms with E-state index >= 15 is 0 Å². The van der Waals surface area contributed by atoms with Crippen LogP contribution in [0.15, 0.2) is 42.0 Å². The minimum absolute atomic E-state index is 0.0124. The molecule has 39 heavy (non-hydrogen) atoms. The zero-order chi connectivity index (χ0) is 28.3. The lowest BCUT2D eigenvalue weighted by atomic mass is 9.74. The molecule has 8 heteroatoms. The molecule has 5 rings (SSSR count). The molecule has 0 radical (unpaired) electrons. The van der Waals surface area contributed by atoms with Gasteiger partial charge in [-0.05, 0) is 60.6 Å². The number of rotatable bonds is 4. The van der Waals surface area contributed by atoms with Crippen molar-refractivity contribution in [1.82, 2.24) is 0 Å². The fourth-order valence-electron chi connectivity index (χ4n) is 7.36. The second kappa shape index (κ2) is 9.58. The lowest BCUT2D eigenvalue weighted by molar-refractivity contribution is -0.186. The number of hydrogen-bond acceptors (Lipinski definition) is 8. The summed E-state index contributed by atoms with van der Waals surface area (Å²) in [6, 6.07) is 8.59. The first-order chi connectivity index (χ1) is 18.3. The van der Waals surface area contributed by atoms with E-state index in [-0.39, 0.29) is 29.5 Å². The molecule has 3 fully saturated rings. The van der Waals surface area contributed by atoms with Crippen molar-refractivity contribution < 1.29 is 38.1 Å². The van der Waals surface area contributed by atoms with Crippen LogP contribution in [0.5, 0.6) is 0 Å². The number of carbonyl (C=O) groups is 4. The number of ketones is 1. The van der Waals surface area contributed by atoms with Gasteiger partial charge >= 0.3 is 17.9 Å². The maximum atomic E-state index is 14.4. The predicted octanol–water partition coefficient (Wildman–Crippen LogP) is 4.45. The summed E-state index contributed by atoms with van der Waals surface area (Å²) in [5, 5.41) is 0. The van der Waals surface area contributed by atoms with E-state index in [1.807, 2.05) is 13.0 Å². The number of carbonyl (C=O) groups excluding carboxylic acids is 4. The smallest absolute Gasteiger partial charge is 0.338 e. The molecule has 1 aromatic rings. The number of esters is 3. The van der Waals surface area contributed by atoms with Crippen LogP contribution < -0.4 is 0 Å². The lowest BCUT2D eigenvalue weighted by Crippen LogP contribution is -2.58. The van der Waals surface area contributed by atoms with Gasteiger partial charge in [0.2, 0.25) is 5.78 Å². The third-order valence-electron chi connectivity index (χ3n) is 9.50. The van der Waals surface area contributed by atoms with Gasteiger partial charge in [0.15, 0.2) is 5.60 Å². The molecule has 0 N–H and O–H groups in total. The first kappa shape index (κ1) is 27.6. The number of allylic oxidation sites excluding steroid dienone is 1. The molecule has 0 bridgehead atoms. The molecule has 8 atom stereocenters. The minimum Gasteiger partial charge on any atom is -0.459 e. The molecule has 8 nitrogen and oxygen atoms in total. The Hall–Kier alpha value is -3.00. The van der Waals surface area contributed by atoms with Crippen molar-refractivity contribution in [3.63, 3.8) is 0 Å². The monoisotopic (exact) mass is 538 g/mol. The van der Waals surface area contributed by atoms with Crippen LogP contribution in [0.25, 0.3) is 0 Å². The number of epoxide rings is 1. The summed E-state index contributed by atoms with van der Waals surface area (Å²) in [4.78, 5) is 52.9. The van der Waals surface area contributed by atoms with E-state index in [4.69, 9.17) is 18.9 Å². The quantitative estimate of drug-likeness (QED) is 0.314. The summed E-state index contributed by atoms with van der Waals surface area (Å²) in [5.41, 5.74) is -1.68. The van der Waals surface area contributed by atoms with Crippen molar-refractivity contribution in [2.75, 3.05) is 6.61 Å². The summed E-state index contributed by atoms with van der Waals surface area (Å²) in [7, 11) is 0. The van der Waals surface area contributed by atoms with Gasteiger partial charge in [0.25, 0.3) is 0 Å². The summed E-state index contributed by atoms with van der Waals surface area (Å²) in [6.45, 7) is 10.9. The van der Waals surface area contributed by atoms with Crippen LogP contribution in [0.3, 0.4) is 0 Å². The summed E-state index contributed by atoms with van der Waals surface area (Å²) >= 11 is 0. The van der Waals surface area contributed by atoms with Crippen LogP contribution in [0.2, 0.25) is 0 Å². The zero-order valence-corrected chi connectivity index (χ0v) is 23.5. The molecule has 1 heterocycles. The number of Topliss-reactive ketones (excluding diaryl/α,β-unsaturated/α-hetero) is 1. The SMILES string of the molecule is CC(=O)OC1[C@H]2[C@@H](OC(=O)c3ccccc3)[C@@H](C)C[C@]2(OC(C)=O)C(=O)/C(C)=C\[C@@H]2[C@H](CC[C@@]13CO3)C2(C)C. The standard InChI is InChI=1S/C31H38O8/c1-17-14-23-22(29(23,5)6)12-13-30(16-36-30)27(37-19(3)32)24-25(38-28(35)21-10-8-7-9-11-21)18(2)15-31(24,26(17)34)39-20(4)33/h7-11,14,18,22-25,27H,12-13,15-16H2,1-6H3/b17-14-/t18-,22-,23+,24+,25-,27?,30+,31+/m0/s1. The average molecular weight is 539 g/mol. The van der Waals surface area contributed by atoms with Crippen LogP contribution in [0.4, 0.5) is 0 Å². The Morgan fingerprint density at radius 1 is 1.03 bits per heavy atom. The molecule has 1 aliphatic heterocycles. The Bertz CT molecular complexity index is 1210. The van der Waals surface area contributed by atoms with Crippen LogP contribution in [-0.4, -0.2) is 53.7 Å². The van der Waals surface area contributed by atoms with Gasteiger partial charge in [-0.15, -0.1) is 0 Å². The van der Waals surface area contributed by atoms with Crippen molar-refractivity contribution in [2.24, 2.45) is 29.1 Å². The van der Waals surface area contributed by atoms with Gasteiger partial charge in [-0.25, -0.2) is 4.79 Å². The highest BCUT2D eigenvalue weighted by Gasteiger charge is 2.71. The molecule has 0 aromatic heterocycles. The normalized spacial score (nSPS) is 39.7. The Kier molecular flexibility index (Phi) is 6.77. The summed E-state index contributed by atoms with van der Waals surface area (Å²) in [6.07, 6.45) is 1.74. The van der Waals surface area contributed by atoms with E-state index in [9.17, 15) is 19.2 Å². The second-order valence-corrected chi connectivity index (χ2v) is 12.5.